The van der Waals surface area contributed by atoms with Crippen molar-refractivity contribution in [1.82, 2.24) is 19.9 Å². The summed E-state index contributed by atoms with van der Waals surface area (Å²) in [4.78, 5) is 19.6. The molecule has 29 heavy (non-hydrogen) atoms. The number of nitrogens with one attached hydrogen (secondary N) is 2. The molecule has 1 aliphatic heterocycles. The van der Waals surface area contributed by atoms with Crippen LogP contribution < -0.4 is 15.6 Å². The lowest BCUT2D eigenvalue weighted by Crippen LogP contribution is -2.37. The molecule has 0 atom stereocenters. The number of aromatic nitrogens is 4. The largest absolute Gasteiger partial charge is 0.378 e. The summed E-state index contributed by atoms with van der Waals surface area (Å²) in [5, 5.41) is 7.50. The van der Waals surface area contributed by atoms with Crippen LogP contribution in [0.25, 0.3) is 0 Å². The highest BCUT2D eigenvalue weighted by atomic mass is 16.5. The van der Waals surface area contributed by atoms with Gasteiger partial charge in [-0.25, -0.2) is 5.43 Å². The number of rotatable bonds is 7. The van der Waals surface area contributed by atoms with Gasteiger partial charge in [-0.05, 0) is 23.3 Å². The smallest absolute Gasteiger partial charge is 0.250 e. The molecule has 1 aromatic carbocycles. The Morgan fingerprint density at radius 2 is 1.72 bits per heavy atom. The summed E-state index contributed by atoms with van der Waals surface area (Å²) in [6.07, 6.45) is 5.12. The molecule has 0 radical (unpaired) electrons. The second-order valence-corrected chi connectivity index (χ2v) is 6.37. The van der Waals surface area contributed by atoms with E-state index >= 15 is 0 Å². The Bertz CT molecular complexity index is 930. The fourth-order valence-corrected chi connectivity index (χ4v) is 2.79. The Kier molecular flexibility index (Phi) is 6.18. The van der Waals surface area contributed by atoms with E-state index in [0.29, 0.717) is 37.6 Å². The van der Waals surface area contributed by atoms with Gasteiger partial charge in [-0.15, -0.1) is 0 Å². The molecule has 0 unspecified atom stereocenters. The molecule has 1 aliphatic rings. The Balaban J connectivity index is 1.51. The van der Waals surface area contributed by atoms with Crippen molar-refractivity contribution in [1.29, 1.82) is 0 Å². The number of hydrogen-bond donors (Lipinski definition) is 2. The van der Waals surface area contributed by atoms with E-state index in [1.54, 1.807) is 18.6 Å². The Morgan fingerprint density at radius 1 is 0.966 bits per heavy atom. The fraction of sp³-hybridized carbons (Fsp3) is 0.250. The maximum atomic E-state index is 5.43. The van der Waals surface area contributed by atoms with Gasteiger partial charge in [-0.2, -0.15) is 20.1 Å². The van der Waals surface area contributed by atoms with E-state index in [0.717, 1.165) is 24.2 Å². The monoisotopic (exact) mass is 390 g/mol. The van der Waals surface area contributed by atoms with Crippen LogP contribution in [0.4, 0.5) is 17.8 Å². The average Bonchev–Trinajstić information content (AvgIpc) is 2.80. The van der Waals surface area contributed by atoms with Crippen molar-refractivity contribution in [2.45, 2.75) is 6.54 Å². The fourth-order valence-electron chi connectivity index (χ4n) is 2.79. The van der Waals surface area contributed by atoms with Gasteiger partial charge in [0.2, 0.25) is 17.8 Å². The first-order valence-electron chi connectivity index (χ1n) is 9.42. The number of pyridine rings is 1. The summed E-state index contributed by atoms with van der Waals surface area (Å²) in [6, 6.07) is 13.8. The molecule has 0 amide bonds. The molecule has 3 aromatic rings. The van der Waals surface area contributed by atoms with E-state index in [9.17, 15) is 0 Å². The third-order valence-electron chi connectivity index (χ3n) is 4.30. The first-order chi connectivity index (χ1) is 14.4. The van der Waals surface area contributed by atoms with E-state index in [4.69, 9.17) is 4.74 Å². The normalized spacial score (nSPS) is 14.1. The molecule has 9 nitrogen and oxygen atoms in total. The number of hydrogen-bond acceptors (Lipinski definition) is 9. The predicted molar refractivity (Wildman–Crippen MR) is 112 cm³/mol. The third-order valence-corrected chi connectivity index (χ3v) is 4.30. The maximum absolute atomic E-state index is 5.43. The standard InChI is InChI=1S/C20H22N8O/c1-2-4-16(5-3-1)14-22-18-24-19(27-23-15-17-6-8-21-9-7-17)26-20(25-18)28-10-12-29-13-11-28/h1-9,15H,10-14H2,(H2,22,24,25,26,27)/b23-15+. The number of anilines is 3. The summed E-state index contributed by atoms with van der Waals surface area (Å²) in [5.74, 6) is 1.47. The molecule has 0 bridgehead atoms. The molecule has 9 heteroatoms. The minimum Gasteiger partial charge on any atom is -0.378 e. The number of hydrazone groups is 1. The summed E-state index contributed by atoms with van der Waals surface area (Å²) in [7, 11) is 0. The van der Waals surface area contributed by atoms with Gasteiger partial charge in [0.1, 0.15) is 0 Å². The van der Waals surface area contributed by atoms with Crippen LogP contribution in [0.2, 0.25) is 0 Å². The SMILES string of the molecule is C(=N\Nc1nc(NCc2ccccc2)nc(N2CCOCC2)n1)/c1ccncc1. The van der Waals surface area contributed by atoms with Crippen LogP contribution in [0, 0.1) is 0 Å². The lowest BCUT2D eigenvalue weighted by Gasteiger charge is -2.27. The maximum Gasteiger partial charge on any atom is 0.250 e. The lowest BCUT2D eigenvalue weighted by atomic mass is 10.2. The zero-order valence-corrected chi connectivity index (χ0v) is 15.9. The minimum atomic E-state index is 0.377. The van der Waals surface area contributed by atoms with Crippen molar-refractivity contribution in [2.75, 3.05) is 41.9 Å². The van der Waals surface area contributed by atoms with Crippen molar-refractivity contribution < 1.29 is 4.74 Å². The van der Waals surface area contributed by atoms with Gasteiger partial charge >= 0.3 is 0 Å². The van der Waals surface area contributed by atoms with Gasteiger partial charge in [-0.1, -0.05) is 30.3 Å². The summed E-state index contributed by atoms with van der Waals surface area (Å²) in [5.41, 5.74) is 4.97. The van der Waals surface area contributed by atoms with Crippen LogP contribution in [0.1, 0.15) is 11.1 Å². The van der Waals surface area contributed by atoms with E-state index in [-0.39, 0.29) is 0 Å². The Labute approximate surface area is 168 Å². The Morgan fingerprint density at radius 3 is 2.52 bits per heavy atom. The zero-order chi connectivity index (χ0) is 19.7. The highest BCUT2D eigenvalue weighted by Crippen LogP contribution is 2.16. The second-order valence-electron chi connectivity index (χ2n) is 6.37. The highest BCUT2D eigenvalue weighted by Gasteiger charge is 2.16. The molecule has 0 aliphatic carbocycles. The van der Waals surface area contributed by atoms with E-state index in [1.807, 2.05) is 30.3 Å². The van der Waals surface area contributed by atoms with Crippen molar-refractivity contribution in [2.24, 2.45) is 5.10 Å². The summed E-state index contributed by atoms with van der Waals surface area (Å²) < 4.78 is 5.43. The van der Waals surface area contributed by atoms with Crippen molar-refractivity contribution >= 4 is 24.1 Å². The molecule has 1 saturated heterocycles. The summed E-state index contributed by atoms with van der Waals surface area (Å²) >= 11 is 0. The van der Waals surface area contributed by atoms with Gasteiger partial charge in [0.25, 0.3) is 0 Å². The van der Waals surface area contributed by atoms with Gasteiger partial charge in [-0.3, -0.25) is 4.98 Å². The quantitative estimate of drug-likeness (QED) is 0.468. The molecule has 0 saturated carbocycles. The van der Waals surface area contributed by atoms with Crippen LogP contribution in [0.3, 0.4) is 0 Å². The topological polar surface area (TPSA) is 100 Å². The van der Waals surface area contributed by atoms with Gasteiger partial charge in [0.15, 0.2) is 0 Å². The molecule has 148 valence electrons. The van der Waals surface area contributed by atoms with Gasteiger partial charge < -0.3 is 15.0 Å². The molecule has 1 fully saturated rings. The van der Waals surface area contributed by atoms with Crippen LogP contribution in [0.5, 0.6) is 0 Å². The van der Waals surface area contributed by atoms with E-state index < -0.39 is 0 Å². The van der Waals surface area contributed by atoms with Crippen LogP contribution in [-0.2, 0) is 11.3 Å². The second kappa shape index (κ2) is 9.56. The van der Waals surface area contributed by atoms with Gasteiger partial charge in [0, 0.05) is 32.0 Å². The number of nitrogens with zero attached hydrogens (tertiary/aromatic N) is 6. The summed E-state index contributed by atoms with van der Waals surface area (Å²) in [6.45, 7) is 3.40. The first kappa shape index (κ1) is 18.8. The van der Waals surface area contributed by atoms with E-state index in [1.165, 1.54) is 0 Å². The third kappa shape index (κ3) is 5.45. The number of ether oxygens (including phenoxy) is 1. The first-order valence-corrected chi connectivity index (χ1v) is 9.42. The number of morpholine rings is 1. The Hall–Kier alpha value is -3.59. The molecule has 4 rings (SSSR count). The van der Waals surface area contributed by atoms with E-state index in [2.05, 4.69) is 52.8 Å². The van der Waals surface area contributed by atoms with Crippen molar-refractivity contribution in [3.63, 3.8) is 0 Å². The minimum absolute atomic E-state index is 0.377. The van der Waals surface area contributed by atoms with Gasteiger partial charge in [0.05, 0.1) is 19.4 Å². The van der Waals surface area contributed by atoms with Crippen LogP contribution in [-0.4, -0.2) is 52.5 Å². The molecular formula is C20H22N8O. The predicted octanol–water partition coefficient (Wildman–Crippen LogP) is 2.16. The van der Waals surface area contributed by atoms with Crippen LogP contribution in [0.15, 0.2) is 60.0 Å². The molecular weight excluding hydrogens is 368 g/mol. The molecule has 3 heterocycles. The lowest BCUT2D eigenvalue weighted by molar-refractivity contribution is 0.122. The highest BCUT2D eigenvalue weighted by molar-refractivity contribution is 5.79. The average molecular weight is 390 g/mol. The van der Waals surface area contributed by atoms with Crippen molar-refractivity contribution in [3.8, 4) is 0 Å². The number of benzene rings is 1. The molecule has 0 spiro atoms. The van der Waals surface area contributed by atoms with Crippen LogP contribution >= 0.6 is 0 Å². The molecule has 2 N–H and O–H groups in total. The molecule has 2 aromatic heterocycles. The zero-order valence-electron chi connectivity index (χ0n) is 15.9. The van der Waals surface area contributed by atoms with Crippen molar-refractivity contribution in [3.05, 3.63) is 66.0 Å².